The molecule has 6 heteroatoms. The minimum absolute atomic E-state index is 0.817. The lowest BCUT2D eigenvalue weighted by atomic mass is 10.1. The highest BCUT2D eigenvalue weighted by molar-refractivity contribution is 5.71. The summed E-state index contributed by atoms with van der Waals surface area (Å²) in [6, 6.07) is 22.3. The molecule has 0 aliphatic rings. The van der Waals surface area contributed by atoms with E-state index < -0.39 is 0 Å². The van der Waals surface area contributed by atoms with Crippen LogP contribution in [0.1, 0.15) is 13.8 Å². The Morgan fingerprint density at radius 3 is 2.29 bits per heavy atom. The van der Waals surface area contributed by atoms with Crippen molar-refractivity contribution in [2.24, 2.45) is 0 Å². The summed E-state index contributed by atoms with van der Waals surface area (Å²) in [5.41, 5.74) is 4.75. The third-order valence-electron chi connectivity index (χ3n) is 5.51. The van der Waals surface area contributed by atoms with E-state index in [1.165, 1.54) is 0 Å². The summed E-state index contributed by atoms with van der Waals surface area (Å²) in [4.78, 5) is 7.29. The van der Waals surface area contributed by atoms with E-state index in [-0.39, 0.29) is 0 Å². The van der Waals surface area contributed by atoms with Crippen molar-refractivity contribution in [2.75, 3.05) is 38.6 Å². The van der Waals surface area contributed by atoms with Gasteiger partial charge in [0.15, 0.2) is 5.65 Å². The lowest BCUT2D eigenvalue weighted by Crippen LogP contribution is -2.29. The fourth-order valence-electron chi connectivity index (χ4n) is 3.64. The van der Waals surface area contributed by atoms with Crippen LogP contribution in [-0.4, -0.2) is 52.8 Å². The van der Waals surface area contributed by atoms with Crippen LogP contribution in [0, 0.1) is 0 Å². The normalized spacial score (nSPS) is 11.2. The van der Waals surface area contributed by atoms with Gasteiger partial charge in [-0.3, -0.25) is 0 Å². The van der Waals surface area contributed by atoms with Crippen molar-refractivity contribution < 1.29 is 4.74 Å². The van der Waals surface area contributed by atoms with Gasteiger partial charge in [0.1, 0.15) is 11.6 Å². The average molecular weight is 416 g/mol. The van der Waals surface area contributed by atoms with Gasteiger partial charge in [-0.2, -0.15) is 9.61 Å². The second-order valence-corrected chi connectivity index (χ2v) is 7.37. The molecule has 0 aliphatic heterocycles. The summed E-state index contributed by atoms with van der Waals surface area (Å²) < 4.78 is 7.17. The summed E-state index contributed by atoms with van der Waals surface area (Å²) in [7, 11) is 1.67. The topological polar surface area (TPSA) is 54.7 Å². The minimum Gasteiger partial charge on any atom is -0.497 e. The number of fused-ring (bicyclic) bond motifs is 1. The fourth-order valence-corrected chi connectivity index (χ4v) is 3.64. The molecule has 0 saturated carbocycles. The molecule has 0 saturated heterocycles. The van der Waals surface area contributed by atoms with Gasteiger partial charge in [0.25, 0.3) is 0 Å². The fraction of sp³-hybridized carbons (Fsp3) is 0.280. The Kier molecular flexibility index (Phi) is 6.48. The minimum atomic E-state index is 0.817. The zero-order chi connectivity index (χ0) is 21.6. The van der Waals surface area contributed by atoms with Gasteiger partial charge in [-0.1, -0.05) is 44.2 Å². The van der Waals surface area contributed by atoms with Crippen molar-refractivity contribution in [3.63, 3.8) is 0 Å². The highest BCUT2D eigenvalue weighted by atomic mass is 16.5. The zero-order valence-corrected chi connectivity index (χ0v) is 18.4. The Morgan fingerprint density at radius 2 is 1.61 bits per heavy atom. The molecule has 6 nitrogen and oxygen atoms in total. The molecule has 2 aromatic carbocycles. The van der Waals surface area contributed by atoms with Crippen molar-refractivity contribution in [3.8, 4) is 28.3 Å². The van der Waals surface area contributed by atoms with Crippen LogP contribution in [0.3, 0.4) is 0 Å². The number of rotatable bonds is 9. The summed E-state index contributed by atoms with van der Waals surface area (Å²) in [5, 5.41) is 8.43. The number of nitrogens with one attached hydrogen (secondary N) is 1. The van der Waals surface area contributed by atoms with Crippen LogP contribution in [0.25, 0.3) is 28.2 Å². The number of nitrogens with zero attached hydrogens (tertiary/aromatic N) is 4. The highest BCUT2D eigenvalue weighted by Gasteiger charge is 2.12. The quantitative estimate of drug-likeness (QED) is 0.424. The molecule has 0 amide bonds. The molecule has 4 rings (SSSR count). The molecule has 0 atom stereocenters. The van der Waals surface area contributed by atoms with E-state index in [1.807, 2.05) is 53.0 Å². The highest BCUT2D eigenvalue weighted by Crippen LogP contribution is 2.26. The van der Waals surface area contributed by atoms with Crippen LogP contribution in [0.5, 0.6) is 5.75 Å². The molecule has 160 valence electrons. The van der Waals surface area contributed by atoms with Gasteiger partial charge in [-0.15, -0.1) is 0 Å². The van der Waals surface area contributed by atoms with Crippen LogP contribution < -0.4 is 10.1 Å². The van der Waals surface area contributed by atoms with Gasteiger partial charge >= 0.3 is 0 Å². The van der Waals surface area contributed by atoms with Crippen LogP contribution in [0.4, 0.5) is 5.82 Å². The summed E-state index contributed by atoms with van der Waals surface area (Å²) in [6.45, 7) is 8.29. The number of methoxy groups -OCH3 is 1. The van der Waals surface area contributed by atoms with Gasteiger partial charge in [0.2, 0.25) is 0 Å². The van der Waals surface area contributed by atoms with Crippen molar-refractivity contribution in [3.05, 3.63) is 66.7 Å². The number of hydrogen-bond donors (Lipinski definition) is 1. The molecule has 0 spiro atoms. The molecule has 4 aromatic rings. The number of likely N-dealkylation sites (N-methyl/N-ethyl adjacent to an activating group) is 1. The average Bonchev–Trinajstić information content (AvgIpc) is 3.27. The van der Waals surface area contributed by atoms with Crippen molar-refractivity contribution in [2.45, 2.75) is 13.8 Å². The molecule has 0 bridgehead atoms. The molecule has 0 aliphatic carbocycles. The molecular weight excluding hydrogens is 386 g/mol. The van der Waals surface area contributed by atoms with E-state index in [9.17, 15) is 0 Å². The third-order valence-corrected chi connectivity index (χ3v) is 5.51. The Bertz CT molecular complexity index is 1120. The van der Waals surface area contributed by atoms with E-state index >= 15 is 0 Å². The lowest BCUT2D eigenvalue weighted by molar-refractivity contribution is 0.316. The van der Waals surface area contributed by atoms with Crippen molar-refractivity contribution in [1.29, 1.82) is 0 Å². The second kappa shape index (κ2) is 9.62. The third kappa shape index (κ3) is 4.70. The smallest absolute Gasteiger partial charge is 0.158 e. The van der Waals surface area contributed by atoms with E-state index in [1.54, 1.807) is 7.11 Å². The lowest BCUT2D eigenvalue weighted by Gasteiger charge is -2.18. The number of hydrogen-bond acceptors (Lipinski definition) is 5. The SMILES string of the molecule is CCN(CC)CCNc1cc(-c2ccccc2)nc2cc(-c3ccc(OC)cc3)nn12. The Balaban J connectivity index is 1.71. The summed E-state index contributed by atoms with van der Waals surface area (Å²) >= 11 is 0. The Morgan fingerprint density at radius 1 is 0.903 bits per heavy atom. The first-order valence-electron chi connectivity index (χ1n) is 10.8. The van der Waals surface area contributed by atoms with E-state index in [2.05, 4.69) is 42.3 Å². The Labute approximate surface area is 183 Å². The van der Waals surface area contributed by atoms with Gasteiger partial charge in [-0.25, -0.2) is 4.98 Å². The largest absolute Gasteiger partial charge is 0.497 e. The number of ether oxygens (including phenoxy) is 1. The molecule has 2 aromatic heterocycles. The molecule has 2 heterocycles. The van der Waals surface area contributed by atoms with Crippen LogP contribution in [-0.2, 0) is 0 Å². The number of benzene rings is 2. The zero-order valence-electron chi connectivity index (χ0n) is 18.4. The first-order valence-corrected chi connectivity index (χ1v) is 10.8. The standard InChI is InChI=1S/C25H29N5O/c1-4-29(5-2)16-15-26-24-17-22(19-9-7-6-8-10-19)27-25-18-23(28-30(24)25)20-11-13-21(31-3)14-12-20/h6-14,17-18,26H,4-5,15-16H2,1-3H3. The molecule has 0 unspecified atom stereocenters. The predicted molar refractivity (Wildman–Crippen MR) is 127 cm³/mol. The predicted octanol–water partition coefficient (Wildman–Crippen LogP) is 4.83. The first-order chi connectivity index (χ1) is 15.2. The van der Waals surface area contributed by atoms with Crippen LogP contribution >= 0.6 is 0 Å². The van der Waals surface area contributed by atoms with E-state index in [0.29, 0.717) is 0 Å². The maximum Gasteiger partial charge on any atom is 0.158 e. The molecular formula is C25H29N5O. The van der Waals surface area contributed by atoms with Crippen molar-refractivity contribution in [1.82, 2.24) is 19.5 Å². The maximum absolute atomic E-state index is 5.28. The second-order valence-electron chi connectivity index (χ2n) is 7.37. The number of aromatic nitrogens is 3. The van der Waals surface area contributed by atoms with Gasteiger partial charge < -0.3 is 15.0 Å². The summed E-state index contributed by atoms with van der Waals surface area (Å²) in [5.74, 6) is 1.77. The van der Waals surface area contributed by atoms with Crippen LogP contribution in [0.15, 0.2) is 66.7 Å². The molecule has 1 N–H and O–H groups in total. The van der Waals surface area contributed by atoms with Crippen molar-refractivity contribution >= 4 is 11.5 Å². The van der Waals surface area contributed by atoms with Crippen LogP contribution in [0.2, 0.25) is 0 Å². The van der Waals surface area contributed by atoms with E-state index in [0.717, 1.165) is 65.9 Å². The van der Waals surface area contributed by atoms with Gasteiger partial charge in [0, 0.05) is 36.3 Å². The van der Waals surface area contributed by atoms with E-state index in [4.69, 9.17) is 14.8 Å². The van der Waals surface area contributed by atoms with Gasteiger partial charge in [0.05, 0.1) is 18.5 Å². The number of anilines is 1. The Hall–Kier alpha value is -3.38. The molecule has 31 heavy (non-hydrogen) atoms. The summed E-state index contributed by atoms with van der Waals surface area (Å²) in [6.07, 6.45) is 0. The monoisotopic (exact) mass is 415 g/mol. The first kappa shape index (κ1) is 20.9. The molecule has 0 fully saturated rings. The maximum atomic E-state index is 5.28. The van der Waals surface area contributed by atoms with Gasteiger partial charge in [-0.05, 0) is 37.4 Å². The molecule has 0 radical (unpaired) electrons.